The molecule has 1 aliphatic rings. The summed E-state index contributed by atoms with van der Waals surface area (Å²) in [5, 5.41) is 6.59. The van der Waals surface area contributed by atoms with Gasteiger partial charge in [0.05, 0.1) is 24.2 Å². The molecule has 0 bridgehead atoms. The summed E-state index contributed by atoms with van der Waals surface area (Å²) in [6, 6.07) is 13.6. The fraction of sp³-hybridized carbons (Fsp3) is 0.310. The van der Waals surface area contributed by atoms with Gasteiger partial charge in [-0.15, -0.1) is 0 Å². The molecule has 2 aromatic carbocycles. The third-order valence-corrected chi connectivity index (χ3v) is 6.94. The molecule has 0 aliphatic carbocycles. The van der Waals surface area contributed by atoms with Gasteiger partial charge < -0.3 is 4.74 Å². The van der Waals surface area contributed by atoms with Crippen molar-refractivity contribution in [1.29, 1.82) is 0 Å². The third-order valence-electron chi connectivity index (χ3n) is 6.94. The Hall–Kier alpha value is -4.02. The Morgan fingerprint density at radius 3 is 2.51 bits per heavy atom. The molecule has 0 radical (unpaired) electrons. The number of carbonyl (C=O) groups is 1. The molecule has 8 nitrogen and oxygen atoms in total. The van der Waals surface area contributed by atoms with Gasteiger partial charge in [-0.2, -0.15) is 10.2 Å². The number of methoxy groups -OCH3 is 1. The van der Waals surface area contributed by atoms with Gasteiger partial charge >= 0.3 is 6.01 Å². The van der Waals surface area contributed by atoms with E-state index in [4.69, 9.17) is 14.7 Å². The number of hydrogen-bond acceptors (Lipinski definition) is 7. The summed E-state index contributed by atoms with van der Waals surface area (Å²) in [6.07, 6.45) is 3.09. The number of hydrogen-bond donors (Lipinski definition) is 0. The standard InChI is InChI=1S/C29H29F2N5O3/c1-4-35-17-20(28(39-35)19-10-11-24(30)25(31)13-19)12-23(37)14-26-18(2)27(21-15-32-29(38-3)33-16-21)34-36(26)22-8-6-5-7-9-22/h5-11,13,15-16,20,28H,4,12,14,17H2,1-3H3/t20-,28+/m1/s1. The monoisotopic (exact) mass is 533 g/mol. The fourth-order valence-corrected chi connectivity index (χ4v) is 4.94. The second kappa shape index (κ2) is 11.4. The Morgan fingerprint density at radius 1 is 1.10 bits per heavy atom. The molecule has 5 rings (SSSR count). The van der Waals surface area contributed by atoms with E-state index in [1.54, 1.807) is 22.1 Å². The van der Waals surface area contributed by atoms with Crippen LogP contribution in [-0.2, 0) is 16.1 Å². The van der Waals surface area contributed by atoms with Gasteiger partial charge in [-0.3, -0.25) is 9.63 Å². The molecule has 1 aliphatic heterocycles. The molecular formula is C29H29F2N5O3. The maximum absolute atomic E-state index is 14.0. The Labute approximate surface area is 225 Å². The molecule has 39 heavy (non-hydrogen) atoms. The maximum atomic E-state index is 14.0. The van der Waals surface area contributed by atoms with Crippen LogP contribution in [0.25, 0.3) is 16.9 Å². The van der Waals surface area contributed by atoms with Crippen molar-refractivity contribution in [3.8, 4) is 23.0 Å². The number of ether oxygens (including phenoxy) is 1. The predicted octanol–water partition coefficient (Wildman–Crippen LogP) is 5.05. The Morgan fingerprint density at radius 2 is 1.85 bits per heavy atom. The minimum Gasteiger partial charge on any atom is -0.467 e. The molecule has 4 aromatic rings. The number of nitrogens with zero attached hydrogens (tertiary/aromatic N) is 5. The molecule has 1 fully saturated rings. The molecule has 0 N–H and O–H groups in total. The number of carbonyl (C=O) groups excluding carboxylic acids is 1. The summed E-state index contributed by atoms with van der Waals surface area (Å²) >= 11 is 0. The highest BCUT2D eigenvalue weighted by Crippen LogP contribution is 2.37. The molecule has 202 valence electrons. The normalized spacial score (nSPS) is 17.5. The lowest BCUT2D eigenvalue weighted by molar-refractivity contribution is -0.146. The quantitative estimate of drug-likeness (QED) is 0.298. The van der Waals surface area contributed by atoms with E-state index in [-0.39, 0.29) is 30.6 Å². The minimum absolute atomic E-state index is 0.00755. The number of para-hydroxylation sites is 1. The molecule has 10 heteroatoms. The van der Waals surface area contributed by atoms with Crippen LogP contribution in [-0.4, -0.2) is 50.8 Å². The molecule has 0 spiro atoms. The van der Waals surface area contributed by atoms with Crippen molar-refractivity contribution in [1.82, 2.24) is 24.8 Å². The van der Waals surface area contributed by atoms with E-state index in [2.05, 4.69) is 9.97 Å². The molecule has 2 aromatic heterocycles. The summed E-state index contributed by atoms with van der Waals surface area (Å²) in [7, 11) is 1.50. The van der Waals surface area contributed by atoms with Crippen molar-refractivity contribution in [3.05, 3.63) is 89.4 Å². The molecular weight excluding hydrogens is 504 g/mol. The molecule has 2 atom stereocenters. The van der Waals surface area contributed by atoms with Gasteiger partial charge in [0.2, 0.25) is 0 Å². The lowest BCUT2D eigenvalue weighted by Crippen LogP contribution is -2.20. The van der Waals surface area contributed by atoms with E-state index in [0.717, 1.165) is 29.1 Å². The van der Waals surface area contributed by atoms with Crippen molar-refractivity contribution < 1.29 is 23.1 Å². The van der Waals surface area contributed by atoms with Crippen molar-refractivity contribution in [2.75, 3.05) is 20.2 Å². The smallest absolute Gasteiger partial charge is 0.316 e. The first-order chi connectivity index (χ1) is 18.9. The van der Waals surface area contributed by atoms with Crippen LogP contribution < -0.4 is 4.74 Å². The topological polar surface area (TPSA) is 82.4 Å². The van der Waals surface area contributed by atoms with Crippen LogP contribution in [0.15, 0.2) is 60.9 Å². The number of rotatable bonds is 9. The summed E-state index contributed by atoms with van der Waals surface area (Å²) in [5.41, 5.74) is 4.31. The SMILES string of the molecule is CCN1C[C@@H](CC(=O)Cc2c(C)c(-c3cnc(OC)nc3)nn2-c2ccccc2)[C@H](c2ccc(F)c(F)c2)O1. The Bertz CT molecular complexity index is 1460. The first kappa shape index (κ1) is 26.6. The van der Waals surface area contributed by atoms with E-state index in [9.17, 15) is 13.6 Å². The highest BCUT2D eigenvalue weighted by Gasteiger charge is 2.36. The minimum atomic E-state index is -0.937. The third kappa shape index (κ3) is 5.57. The highest BCUT2D eigenvalue weighted by molar-refractivity contribution is 5.82. The van der Waals surface area contributed by atoms with Gasteiger partial charge in [0.1, 0.15) is 11.9 Å². The van der Waals surface area contributed by atoms with Crippen LogP contribution in [0.1, 0.15) is 36.3 Å². The number of hydroxylamine groups is 2. The molecule has 3 heterocycles. The number of benzene rings is 2. The summed E-state index contributed by atoms with van der Waals surface area (Å²) in [6.45, 7) is 4.99. The van der Waals surface area contributed by atoms with Gasteiger partial charge in [0.25, 0.3) is 0 Å². The van der Waals surface area contributed by atoms with Crippen molar-refractivity contribution >= 4 is 5.78 Å². The lowest BCUT2D eigenvalue weighted by atomic mass is 9.90. The summed E-state index contributed by atoms with van der Waals surface area (Å²) in [5.74, 6) is -2.08. The van der Waals surface area contributed by atoms with E-state index in [1.165, 1.54) is 13.2 Å². The van der Waals surface area contributed by atoms with Crippen LogP contribution in [0.4, 0.5) is 8.78 Å². The van der Waals surface area contributed by atoms with Crippen LogP contribution in [0.3, 0.4) is 0 Å². The molecule has 0 amide bonds. The number of halogens is 2. The van der Waals surface area contributed by atoms with Crippen LogP contribution in [0, 0.1) is 24.5 Å². The van der Waals surface area contributed by atoms with E-state index in [1.807, 2.05) is 44.2 Å². The highest BCUT2D eigenvalue weighted by atomic mass is 19.2. The molecule has 0 saturated carbocycles. The predicted molar refractivity (Wildman–Crippen MR) is 140 cm³/mol. The van der Waals surface area contributed by atoms with E-state index in [0.29, 0.717) is 29.9 Å². The van der Waals surface area contributed by atoms with Gasteiger partial charge in [-0.25, -0.2) is 23.4 Å². The maximum Gasteiger partial charge on any atom is 0.316 e. The first-order valence-corrected chi connectivity index (χ1v) is 12.8. The van der Waals surface area contributed by atoms with Crippen LogP contribution in [0.5, 0.6) is 6.01 Å². The second-order valence-corrected chi connectivity index (χ2v) is 9.49. The van der Waals surface area contributed by atoms with Gasteiger partial charge in [0, 0.05) is 49.8 Å². The second-order valence-electron chi connectivity index (χ2n) is 9.49. The zero-order valence-electron chi connectivity index (χ0n) is 22.0. The summed E-state index contributed by atoms with van der Waals surface area (Å²) < 4.78 is 34.4. The Balaban J connectivity index is 1.43. The van der Waals surface area contributed by atoms with Crippen molar-refractivity contribution in [3.63, 3.8) is 0 Å². The first-order valence-electron chi connectivity index (χ1n) is 12.8. The van der Waals surface area contributed by atoms with Gasteiger partial charge in [-0.05, 0) is 42.3 Å². The summed E-state index contributed by atoms with van der Waals surface area (Å²) in [4.78, 5) is 27.9. The largest absolute Gasteiger partial charge is 0.467 e. The van der Waals surface area contributed by atoms with Gasteiger partial charge in [0.15, 0.2) is 11.6 Å². The zero-order chi connectivity index (χ0) is 27.5. The fourth-order valence-electron chi connectivity index (χ4n) is 4.94. The lowest BCUT2D eigenvalue weighted by Gasteiger charge is -2.18. The number of Topliss-reactive ketones (excluding diaryl/α,β-unsaturated/α-hetero) is 1. The van der Waals surface area contributed by atoms with Crippen molar-refractivity contribution in [2.24, 2.45) is 5.92 Å². The number of aromatic nitrogens is 4. The van der Waals surface area contributed by atoms with Crippen LogP contribution >= 0.6 is 0 Å². The van der Waals surface area contributed by atoms with Gasteiger partial charge in [-0.1, -0.05) is 31.2 Å². The molecule has 0 unspecified atom stereocenters. The van der Waals surface area contributed by atoms with Crippen molar-refractivity contribution in [2.45, 2.75) is 32.8 Å². The molecule has 1 saturated heterocycles. The average molecular weight is 534 g/mol. The van der Waals surface area contributed by atoms with E-state index >= 15 is 0 Å². The average Bonchev–Trinajstić information content (AvgIpc) is 3.51. The zero-order valence-corrected chi connectivity index (χ0v) is 22.0. The van der Waals surface area contributed by atoms with E-state index < -0.39 is 17.7 Å². The number of ketones is 1. The van der Waals surface area contributed by atoms with Crippen LogP contribution in [0.2, 0.25) is 0 Å². The Kier molecular flexibility index (Phi) is 7.76.